The van der Waals surface area contributed by atoms with E-state index in [-0.39, 0.29) is 23.1 Å². The Labute approximate surface area is 162 Å². The van der Waals surface area contributed by atoms with Gasteiger partial charge in [-0.1, -0.05) is 0 Å². The summed E-state index contributed by atoms with van der Waals surface area (Å²) in [6.07, 6.45) is 7.67. The first-order chi connectivity index (χ1) is 13.6. The number of amides is 2. The first-order valence-corrected chi connectivity index (χ1v) is 10.1. The quantitative estimate of drug-likeness (QED) is 0.811. The molecule has 2 aliphatic carbocycles. The third kappa shape index (κ3) is 2.62. The molecule has 28 heavy (non-hydrogen) atoms. The van der Waals surface area contributed by atoms with Gasteiger partial charge in [-0.15, -0.1) is 0 Å². The predicted molar refractivity (Wildman–Crippen MR) is 99.7 cm³/mol. The molecular formula is C20H23N5O3. The van der Waals surface area contributed by atoms with Crippen LogP contribution in [-0.2, 0) is 9.53 Å². The number of ether oxygens (including phenoxy) is 1. The standard InChI is InChI=1S/C20H23N5O3/c26-18(13-5-21-17-16(13)23-14(6-22-17)11-1-2-11)24-15(12-3-4-12)19(27)25-7-20(8-25)9-28-10-20/h5-6,11-12,15H,1-4,7-10H2,(H,21,22)(H,24,26)/t15-/m1/s1. The molecule has 6 rings (SSSR count). The van der Waals surface area contributed by atoms with Crippen molar-refractivity contribution >= 4 is 23.0 Å². The van der Waals surface area contributed by atoms with Crippen molar-refractivity contribution in [1.29, 1.82) is 0 Å². The average Bonchev–Trinajstić information content (AvgIpc) is 3.53. The lowest BCUT2D eigenvalue weighted by Gasteiger charge is -2.55. The summed E-state index contributed by atoms with van der Waals surface area (Å²) >= 11 is 0. The first-order valence-electron chi connectivity index (χ1n) is 10.1. The van der Waals surface area contributed by atoms with Crippen LogP contribution in [0.2, 0.25) is 0 Å². The maximum absolute atomic E-state index is 13.0. The second kappa shape index (κ2) is 5.76. The van der Waals surface area contributed by atoms with E-state index in [2.05, 4.69) is 20.3 Å². The van der Waals surface area contributed by atoms with Crippen LogP contribution in [0.25, 0.3) is 11.2 Å². The van der Waals surface area contributed by atoms with Gasteiger partial charge in [0.25, 0.3) is 5.91 Å². The number of rotatable bonds is 5. The number of likely N-dealkylation sites (tertiary alicyclic amines) is 1. The molecular weight excluding hydrogens is 358 g/mol. The lowest BCUT2D eigenvalue weighted by Crippen LogP contribution is -2.69. The van der Waals surface area contributed by atoms with E-state index < -0.39 is 6.04 Å². The third-order valence-corrected chi connectivity index (χ3v) is 6.47. The van der Waals surface area contributed by atoms with E-state index in [0.717, 1.165) is 57.7 Å². The Balaban J connectivity index is 1.21. The molecule has 8 nitrogen and oxygen atoms in total. The van der Waals surface area contributed by atoms with E-state index in [1.165, 1.54) is 0 Å². The number of hydrogen-bond acceptors (Lipinski definition) is 5. The van der Waals surface area contributed by atoms with Gasteiger partial charge >= 0.3 is 0 Å². The highest BCUT2D eigenvalue weighted by Gasteiger charge is 2.53. The van der Waals surface area contributed by atoms with Crippen LogP contribution in [0.5, 0.6) is 0 Å². The molecule has 0 unspecified atom stereocenters. The molecule has 1 atom stereocenters. The molecule has 2 aliphatic heterocycles. The summed E-state index contributed by atoms with van der Waals surface area (Å²) in [7, 11) is 0. The number of nitrogens with zero attached hydrogens (tertiary/aromatic N) is 3. The predicted octanol–water partition coefficient (Wildman–Crippen LogP) is 1.20. The molecule has 2 saturated heterocycles. The van der Waals surface area contributed by atoms with Crippen molar-refractivity contribution in [1.82, 2.24) is 25.2 Å². The fourth-order valence-electron chi connectivity index (χ4n) is 4.37. The Hall–Kier alpha value is -2.48. The number of aromatic amines is 1. The van der Waals surface area contributed by atoms with Gasteiger partial charge in [0.15, 0.2) is 5.65 Å². The molecule has 2 N–H and O–H groups in total. The minimum atomic E-state index is -0.449. The highest BCUT2D eigenvalue weighted by molar-refractivity contribution is 6.06. The molecule has 1 spiro atoms. The molecule has 4 fully saturated rings. The van der Waals surface area contributed by atoms with Crippen molar-refractivity contribution in [2.45, 2.75) is 37.6 Å². The zero-order valence-corrected chi connectivity index (χ0v) is 15.6. The van der Waals surface area contributed by atoms with Gasteiger partial charge in [-0.25, -0.2) is 9.97 Å². The molecule has 2 aromatic heterocycles. The monoisotopic (exact) mass is 381 g/mol. The van der Waals surface area contributed by atoms with Crippen molar-refractivity contribution in [3.8, 4) is 0 Å². The summed E-state index contributed by atoms with van der Waals surface area (Å²) < 4.78 is 5.29. The normalized spacial score (nSPS) is 23.9. The maximum Gasteiger partial charge on any atom is 0.255 e. The van der Waals surface area contributed by atoms with Crippen molar-refractivity contribution in [3.63, 3.8) is 0 Å². The minimum Gasteiger partial charge on any atom is -0.380 e. The lowest BCUT2D eigenvalue weighted by molar-refractivity contribution is -0.196. The highest BCUT2D eigenvalue weighted by Crippen LogP contribution is 2.41. The fourth-order valence-corrected chi connectivity index (χ4v) is 4.37. The SMILES string of the molecule is O=C(N[C@@H](C(=O)N1CC2(COC2)C1)C1CC1)c1c[nH]c2ncc(C3CC3)nc12. The van der Waals surface area contributed by atoms with Crippen molar-refractivity contribution in [3.05, 3.63) is 23.7 Å². The zero-order chi connectivity index (χ0) is 18.9. The molecule has 4 heterocycles. The number of aromatic nitrogens is 3. The van der Waals surface area contributed by atoms with Gasteiger partial charge in [-0.05, 0) is 31.6 Å². The highest BCUT2D eigenvalue weighted by atomic mass is 16.5. The van der Waals surface area contributed by atoms with E-state index in [1.807, 2.05) is 4.90 Å². The summed E-state index contributed by atoms with van der Waals surface area (Å²) in [5.41, 5.74) is 2.80. The second-order valence-corrected chi connectivity index (χ2v) is 8.94. The minimum absolute atomic E-state index is 0.0398. The van der Waals surface area contributed by atoms with Crippen LogP contribution >= 0.6 is 0 Å². The fraction of sp³-hybridized carbons (Fsp3) is 0.600. The zero-order valence-electron chi connectivity index (χ0n) is 15.6. The van der Waals surface area contributed by atoms with Gasteiger partial charge in [0.1, 0.15) is 11.6 Å². The number of carbonyl (C=O) groups is 2. The number of H-pyrrole nitrogens is 1. The van der Waals surface area contributed by atoms with Crippen LogP contribution in [0.4, 0.5) is 0 Å². The summed E-state index contributed by atoms with van der Waals surface area (Å²) in [5.74, 6) is 0.501. The molecule has 2 aromatic rings. The summed E-state index contributed by atoms with van der Waals surface area (Å²) in [6, 6.07) is -0.449. The molecule has 8 heteroatoms. The van der Waals surface area contributed by atoms with Gasteiger partial charge in [-0.3, -0.25) is 9.59 Å². The van der Waals surface area contributed by atoms with Crippen molar-refractivity contribution in [2.24, 2.45) is 11.3 Å². The first kappa shape index (κ1) is 16.5. The Morgan fingerprint density at radius 3 is 2.68 bits per heavy atom. The van der Waals surface area contributed by atoms with Crippen LogP contribution in [-0.4, -0.2) is 64.0 Å². The van der Waals surface area contributed by atoms with Gasteiger partial charge in [0.05, 0.1) is 36.1 Å². The summed E-state index contributed by atoms with van der Waals surface area (Å²) in [5, 5.41) is 3.00. The largest absolute Gasteiger partial charge is 0.380 e. The van der Waals surface area contributed by atoms with Gasteiger partial charge < -0.3 is 19.9 Å². The molecule has 2 saturated carbocycles. The van der Waals surface area contributed by atoms with Crippen LogP contribution in [0, 0.1) is 11.3 Å². The Kier molecular flexibility index (Phi) is 3.39. The topological polar surface area (TPSA) is 100 Å². The maximum atomic E-state index is 13.0. The average molecular weight is 381 g/mol. The number of hydrogen-bond donors (Lipinski definition) is 2. The van der Waals surface area contributed by atoms with E-state index in [9.17, 15) is 9.59 Å². The Morgan fingerprint density at radius 2 is 2.04 bits per heavy atom. The molecule has 0 radical (unpaired) electrons. The van der Waals surface area contributed by atoms with E-state index in [1.54, 1.807) is 12.4 Å². The summed E-state index contributed by atoms with van der Waals surface area (Å²) in [4.78, 5) is 40.0. The summed E-state index contributed by atoms with van der Waals surface area (Å²) in [6.45, 7) is 2.98. The second-order valence-electron chi connectivity index (χ2n) is 8.94. The number of fused-ring (bicyclic) bond motifs is 1. The molecule has 4 aliphatic rings. The van der Waals surface area contributed by atoms with Crippen LogP contribution in [0.1, 0.15) is 47.7 Å². The van der Waals surface area contributed by atoms with Crippen LogP contribution in [0.15, 0.2) is 12.4 Å². The molecule has 0 aromatic carbocycles. The van der Waals surface area contributed by atoms with E-state index in [0.29, 0.717) is 22.6 Å². The van der Waals surface area contributed by atoms with E-state index >= 15 is 0 Å². The molecule has 2 amide bonds. The third-order valence-electron chi connectivity index (χ3n) is 6.47. The van der Waals surface area contributed by atoms with E-state index in [4.69, 9.17) is 4.74 Å². The number of carbonyl (C=O) groups excluding carboxylic acids is 2. The molecule has 0 bridgehead atoms. The van der Waals surface area contributed by atoms with Crippen LogP contribution < -0.4 is 5.32 Å². The van der Waals surface area contributed by atoms with Crippen LogP contribution in [0.3, 0.4) is 0 Å². The Bertz CT molecular complexity index is 965. The lowest BCUT2D eigenvalue weighted by atomic mass is 9.77. The van der Waals surface area contributed by atoms with Crippen molar-refractivity contribution in [2.75, 3.05) is 26.3 Å². The molecule has 146 valence electrons. The van der Waals surface area contributed by atoms with Gasteiger partial charge in [0, 0.05) is 25.2 Å². The van der Waals surface area contributed by atoms with Gasteiger partial charge in [-0.2, -0.15) is 0 Å². The van der Waals surface area contributed by atoms with Crippen molar-refractivity contribution < 1.29 is 14.3 Å². The smallest absolute Gasteiger partial charge is 0.255 e. The number of nitrogens with one attached hydrogen (secondary N) is 2. The van der Waals surface area contributed by atoms with Gasteiger partial charge in [0.2, 0.25) is 5.91 Å². The Morgan fingerprint density at radius 1 is 1.25 bits per heavy atom.